The van der Waals surface area contributed by atoms with Crippen molar-refractivity contribution >= 4 is 23.1 Å². The molecule has 0 aliphatic heterocycles. The van der Waals surface area contributed by atoms with Crippen molar-refractivity contribution in [1.29, 1.82) is 0 Å². The first-order valence-corrected chi connectivity index (χ1v) is 7.38. The smallest absolute Gasteiger partial charge is 0.0900 e. The monoisotopic (exact) mass is 242 g/mol. The average Bonchev–Trinajstić information content (AvgIpc) is 2.90. The predicted octanol–water partition coefficient (Wildman–Crippen LogP) is 2.75. The van der Waals surface area contributed by atoms with Gasteiger partial charge in [0.25, 0.3) is 0 Å². The molecule has 1 saturated carbocycles. The van der Waals surface area contributed by atoms with Gasteiger partial charge in [0.2, 0.25) is 0 Å². The van der Waals surface area contributed by atoms with Gasteiger partial charge in [-0.1, -0.05) is 0 Å². The highest BCUT2D eigenvalue weighted by Crippen LogP contribution is 2.46. The molecule has 2 rings (SSSR count). The van der Waals surface area contributed by atoms with Crippen molar-refractivity contribution in [3.8, 4) is 0 Å². The molecule has 1 aliphatic carbocycles. The number of aryl methyl sites for hydroxylation is 2. The highest BCUT2D eigenvalue weighted by Gasteiger charge is 2.41. The Balaban J connectivity index is 1.81. The van der Waals surface area contributed by atoms with Crippen LogP contribution in [0, 0.1) is 13.8 Å². The number of nitrogens with zero attached hydrogens (tertiary/aromatic N) is 1. The second kappa shape index (κ2) is 4.44. The van der Waals surface area contributed by atoms with E-state index < -0.39 is 0 Å². The van der Waals surface area contributed by atoms with Crippen molar-refractivity contribution in [2.75, 3.05) is 12.8 Å². The number of hydrogen-bond acceptors (Lipinski definition) is 4. The van der Waals surface area contributed by atoms with Gasteiger partial charge >= 0.3 is 0 Å². The predicted molar refractivity (Wildman–Crippen MR) is 68.8 cm³/mol. The van der Waals surface area contributed by atoms with E-state index in [9.17, 15) is 0 Å². The lowest BCUT2D eigenvalue weighted by Crippen LogP contribution is -2.25. The number of thiazole rings is 1. The molecule has 1 N–H and O–H groups in total. The summed E-state index contributed by atoms with van der Waals surface area (Å²) in [7, 11) is 0. The van der Waals surface area contributed by atoms with Gasteiger partial charge in [-0.25, -0.2) is 4.98 Å². The SMILES string of the molecule is CSC1(CNCc2sc(C)nc2C)CC1. The summed E-state index contributed by atoms with van der Waals surface area (Å²) in [6, 6.07) is 0. The van der Waals surface area contributed by atoms with E-state index in [4.69, 9.17) is 0 Å². The first kappa shape index (κ1) is 11.4. The quantitative estimate of drug-likeness (QED) is 0.859. The number of aromatic nitrogens is 1. The van der Waals surface area contributed by atoms with E-state index in [0.717, 1.165) is 13.1 Å². The van der Waals surface area contributed by atoms with E-state index in [1.807, 2.05) is 23.1 Å². The van der Waals surface area contributed by atoms with Gasteiger partial charge in [-0.15, -0.1) is 11.3 Å². The number of rotatable bonds is 5. The molecular formula is C11H18N2S2. The summed E-state index contributed by atoms with van der Waals surface area (Å²) in [4.78, 5) is 5.83. The van der Waals surface area contributed by atoms with E-state index in [1.54, 1.807) is 0 Å². The van der Waals surface area contributed by atoms with E-state index >= 15 is 0 Å². The van der Waals surface area contributed by atoms with Crippen LogP contribution in [0.3, 0.4) is 0 Å². The maximum atomic E-state index is 4.44. The van der Waals surface area contributed by atoms with Gasteiger partial charge in [-0.3, -0.25) is 0 Å². The normalized spacial score (nSPS) is 18.1. The van der Waals surface area contributed by atoms with Gasteiger partial charge < -0.3 is 5.32 Å². The summed E-state index contributed by atoms with van der Waals surface area (Å²) in [5.41, 5.74) is 1.19. The third-order valence-corrected chi connectivity index (χ3v) is 5.46. The molecule has 1 heterocycles. The summed E-state index contributed by atoms with van der Waals surface area (Å²) in [5, 5.41) is 4.74. The Labute approximate surface area is 99.9 Å². The largest absolute Gasteiger partial charge is 0.310 e. The van der Waals surface area contributed by atoms with Gasteiger partial charge in [-0.05, 0) is 32.9 Å². The zero-order valence-corrected chi connectivity index (χ0v) is 11.2. The number of nitrogens with one attached hydrogen (secondary N) is 1. The zero-order chi connectivity index (χ0) is 10.9. The van der Waals surface area contributed by atoms with Crippen molar-refractivity contribution in [3.05, 3.63) is 15.6 Å². The fourth-order valence-corrected chi connectivity index (χ4v) is 3.40. The molecule has 1 aromatic heterocycles. The molecule has 1 aromatic rings. The third kappa shape index (κ3) is 2.74. The lowest BCUT2D eigenvalue weighted by Gasteiger charge is -2.12. The minimum atomic E-state index is 0.563. The molecule has 0 spiro atoms. The Kier molecular flexibility index (Phi) is 3.38. The second-order valence-electron chi connectivity index (χ2n) is 4.23. The minimum Gasteiger partial charge on any atom is -0.310 e. The number of thioether (sulfide) groups is 1. The highest BCUT2D eigenvalue weighted by molar-refractivity contribution is 8.00. The van der Waals surface area contributed by atoms with Crippen LogP contribution >= 0.6 is 23.1 Å². The summed E-state index contributed by atoms with van der Waals surface area (Å²) in [6.07, 6.45) is 4.97. The second-order valence-corrected chi connectivity index (χ2v) is 6.79. The lowest BCUT2D eigenvalue weighted by molar-refractivity contribution is 0.666. The van der Waals surface area contributed by atoms with Crippen molar-refractivity contribution in [2.24, 2.45) is 0 Å². The fourth-order valence-electron chi connectivity index (χ4n) is 1.73. The Morgan fingerprint density at radius 3 is 2.67 bits per heavy atom. The Morgan fingerprint density at radius 1 is 1.47 bits per heavy atom. The summed E-state index contributed by atoms with van der Waals surface area (Å²) in [5.74, 6) is 0. The van der Waals surface area contributed by atoms with Crippen LogP contribution in [0.15, 0.2) is 0 Å². The van der Waals surface area contributed by atoms with Crippen molar-refractivity contribution in [2.45, 2.75) is 38.0 Å². The molecule has 2 nitrogen and oxygen atoms in total. The molecule has 4 heteroatoms. The van der Waals surface area contributed by atoms with Crippen LogP contribution in [0.1, 0.15) is 28.4 Å². The van der Waals surface area contributed by atoms with Crippen molar-refractivity contribution in [1.82, 2.24) is 10.3 Å². The standard InChI is InChI=1S/C11H18N2S2/c1-8-10(15-9(2)13-8)6-12-7-11(14-3)4-5-11/h12H,4-7H2,1-3H3. The minimum absolute atomic E-state index is 0.563. The molecule has 0 unspecified atom stereocenters. The summed E-state index contributed by atoms with van der Waals surface area (Å²) < 4.78 is 0.563. The van der Waals surface area contributed by atoms with Crippen LogP contribution in [0.4, 0.5) is 0 Å². The Bertz CT molecular complexity index is 342. The fraction of sp³-hybridized carbons (Fsp3) is 0.727. The van der Waals surface area contributed by atoms with Crippen LogP contribution in [-0.4, -0.2) is 22.5 Å². The van der Waals surface area contributed by atoms with Gasteiger partial charge in [-0.2, -0.15) is 11.8 Å². The van der Waals surface area contributed by atoms with E-state index in [0.29, 0.717) is 4.75 Å². The van der Waals surface area contributed by atoms with E-state index in [-0.39, 0.29) is 0 Å². The first-order chi connectivity index (χ1) is 7.15. The summed E-state index contributed by atoms with van der Waals surface area (Å²) >= 11 is 3.82. The van der Waals surface area contributed by atoms with E-state index in [1.165, 1.54) is 28.4 Å². The van der Waals surface area contributed by atoms with Gasteiger partial charge in [0, 0.05) is 22.7 Å². The van der Waals surface area contributed by atoms with Crippen LogP contribution in [0.2, 0.25) is 0 Å². The lowest BCUT2D eigenvalue weighted by atomic mass is 10.3. The first-order valence-electron chi connectivity index (χ1n) is 5.34. The van der Waals surface area contributed by atoms with E-state index in [2.05, 4.69) is 30.4 Å². The number of hydrogen-bond donors (Lipinski definition) is 1. The van der Waals surface area contributed by atoms with Crippen LogP contribution in [0.25, 0.3) is 0 Å². The molecule has 84 valence electrons. The van der Waals surface area contributed by atoms with Crippen LogP contribution in [-0.2, 0) is 6.54 Å². The molecule has 0 atom stereocenters. The molecule has 1 fully saturated rings. The maximum absolute atomic E-state index is 4.44. The molecular weight excluding hydrogens is 224 g/mol. The Hall–Kier alpha value is -0.0600. The highest BCUT2D eigenvalue weighted by atomic mass is 32.2. The third-order valence-electron chi connectivity index (χ3n) is 2.97. The molecule has 0 radical (unpaired) electrons. The molecule has 0 aromatic carbocycles. The van der Waals surface area contributed by atoms with Crippen molar-refractivity contribution < 1.29 is 0 Å². The van der Waals surface area contributed by atoms with Gasteiger partial charge in [0.05, 0.1) is 10.7 Å². The molecule has 0 saturated heterocycles. The maximum Gasteiger partial charge on any atom is 0.0900 e. The molecule has 1 aliphatic rings. The van der Waals surface area contributed by atoms with Gasteiger partial charge in [0.1, 0.15) is 0 Å². The molecule has 15 heavy (non-hydrogen) atoms. The topological polar surface area (TPSA) is 24.9 Å². The molecule has 0 amide bonds. The molecule has 0 bridgehead atoms. The van der Waals surface area contributed by atoms with Gasteiger partial charge in [0.15, 0.2) is 0 Å². The zero-order valence-electron chi connectivity index (χ0n) is 9.59. The van der Waals surface area contributed by atoms with Crippen molar-refractivity contribution in [3.63, 3.8) is 0 Å². The van der Waals surface area contributed by atoms with Crippen LogP contribution < -0.4 is 5.32 Å². The van der Waals surface area contributed by atoms with Crippen LogP contribution in [0.5, 0.6) is 0 Å². The average molecular weight is 242 g/mol. The summed E-state index contributed by atoms with van der Waals surface area (Å²) in [6.45, 7) is 6.30. The Morgan fingerprint density at radius 2 is 2.20 bits per heavy atom.